The van der Waals surface area contributed by atoms with Gasteiger partial charge in [0.05, 0.1) is 12.2 Å². The molecule has 0 aliphatic carbocycles. The molecule has 0 bridgehead atoms. The molecule has 1 aromatic rings. The number of aldehydes is 1. The van der Waals surface area contributed by atoms with E-state index < -0.39 is 35.3 Å². The predicted octanol–water partition coefficient (Wildman–Crippen LogP) is 2.78. The van der Waals surface area contributed by atoms with Crippen molar-refractivity contribution >= 4 is 12.1 Å². The second-order valence-electron chi connectivity index (χ2n) is 5.93. The molecule has 0 amide bonds. The summed E-state index contributed by atoms with van der Waals surface area (Å²) in [7, 11) is 0. The first-order chi connectivity index (χ1) is 10.6. The van der Waals surface area contributed by atoms with Crippen LogP contribution in [0.5, 0.6) is 0 Å². The standard InChI is InChI=1S/C16H17F3O4/c1-15(2)22-9-11(14(23-15)13(21)8-20)7-10-3-5-12(6-4-10)16(17,18)19/h3-6,8,11,14H,7,9H2,1-2H3. The van der Waals surface area contributed by atoms with E-state index >= 15 is 0 Å². The second kappa shape index (κ2) is 6.41. The molecule has 1 aliphatic rings. The zero-order valence-electron chi connectivity index (χ0n) is 12.7. The van der Waals surface area contributed by atoms with E-state index in [9.17, 15) is 22.8 Å². The van der Waals surface area contributed by atoms with Crippen molar-refractivity contribution < 1.29 is 32.2 Å². The summed E-state index contributed by atoms with van der Waals surface area (Å²) in [5.74, 6) is -2.12. The lowest BCUT2D eigenvalue weighted by Crippen LogP contribution is -2.50. The largest absolute Gasteiger partial charge is 0.416 e. The normalized spacial score (nSPS) is 24.2. The molecule has 23 heavy (non-hydrogen) atoms. The molecule has 2 atom stereocenters. The third-order valence-corrected chi connectivity index (χ3v) is 3.66. The number of Topliss-reactive ketones (excluding diaryl/α,β-unsaturated/α-hetero) is 1. The third kappa shape index (κ3) is 4.39. The minimum Gasteiger partial charge on any atom is -0.350 e. The molecule has 2 rings (SSSR count). The quantitative estimate of drug-likeness (QED) is 0.629. The Hall–Kier alpha value is -1.73. The van der Waals surface area contributed by atoms with Gasteiger partial charge in [-0.1, -0.05) is 12.1 Å². The van der Waals surface area contributed by atoms with Gasteiger partial charge in [0, 0.05) is 5.92 Å². The molecule has 0 N–H and O–H groups in total. The summed E-state index contributed by atoms with van der Waals surface area (Å²) in [5, 5.41) is 0. The number of carbonyl (C=O) groups is 2. The Bertz CT molecular complexity index is 578. The molecule has 2 unspecified atom stereocenters. The lowest BCUT2D eigenvalue weighted by molar-refractivity contribution is -0.284. The molecule has 1 saturated heterocycles. The predicted molar refractivity (Wildman–Crippen MR) is 74.6 cm³/mol. The van der Waals surface area contributed by atoms with Crippen LogP contribution in [0.25, 0.3) is 0 Å². The highest BCUT2D eigenvalue weighted by molar-refractivity contribution is 6.27. The van der Waals surface area contributed by atoms with Crippen LogP contribution in [0.2, 0.25) is 0 Å². The fourth-order valence-electron chi connectivity index (χ4n) is 2.49. The number of benzene rings is 1. The summed E-state index contributed by atoms with van der Waals surface area (Å²) in [6, 6.07) is 4.68. The lowest BCUT2D eigenvalue weighted by Gasteiger charge is -2.39. The molecular formula is C16H17F3O4. The van der Waals surface area contributed by atoms with Gasteiger partial charge in [-0.15, -0.1) is 0 Å². The molecule has 0 radical (unpaired) electrons. The Labute approximate surface area is 131 Å². The fraction of sp³-hybridized carbons (Fsp3) is 0.500. The number of ether oxygens (including phenoxy) is 2. The Morgan fingerprint density at radius 2 is 1.91 bits per heavy atom. The zero-order chi connectivity index (χ0) is 17.3. The van der Waals surface area contributed by atoms with E-state index in [1.54, 1.807) is 13.8 Å². The first-order valence-corrected chi connectivity index (χ1v) is 7.09. The van der Waals surface area contributed by atoms with E-state index in [-0.39, 0.29) is 19.3 Å². The molecule has 4 nitrogen and oxygen atoms in total. The van der Waals surface area contributed by atoms with Crippen molar-refractivity contribution in [3.8, 4) is 0 Å². The highest BCUT2D eigenvalue weighted by atomic mass is 19.4. The Morgan fingerprint density at radius 3 is 2.43 bits per heavy atom. The van der Waals surface area contributed by atoms with Crippen LogP contribution >= 0.6 is 0 Å². The van der Waals surface area contributed by atoms with Crippen LogP contribution in [-0.4, -0.2) is 30.6 Å². The summed E-state index contributed by atoms with van der Waals surface area (Å²) in [6.45, 7) is 3.44. The lowest BCUT2D eigenvalue weighted by atomic mass is 9.90. The molecule has 7 heteroatoms. The van der Waals surface area contributed by atoms with Gasteiger partial charge in [0.2, 0.25) is 5.78 Å². The maximum Gasteiger partial charge on any atom is 0.416 e. The summed E-state index contributed by atoms with van der Waals surface area (Å²) < 4.78 is 48.7. The van der Waals surface area contributed by atoms with E-state index in [2.05, 4.69) is 0 Å². The van der Waals surface area contributed by atoms with E-state index in [1.165, 1.54) is 12.1 Å². The van der Waals surface area contributed by atoms with Crippen molar-refractivity contribution in [2.45, 2.75) is 38.3 Å². The van der Waals surface area contributed by atoms with E-state index in [0.717, 1.165) is 12.1 Å². The van der Waals surface area contributed by atoms with E-state index in [1.807, 2.05) is 0 Å². The van der Waals surface area contributed by atoms with E-state index in [0.29, 0.717) is 5.56 Å². The highest BCUT2D eigenvalue weighted by Gasteiger charge is 2.40. The van der Waals surface area contributed by atoms with Gasteiger partial charge in [0.25, 0.3) is 0 Å². The van der Waals surface area contributed by atoms with Crippen LogP contribution in [0.15, 0.2) is 24.3 Å². The average molecular weight is 330 g/mol. The summed E-state index contributed by atoms with van der Waals surface area (Å²) in [4.78, 5) is 22.5. The number of ketones is 1. The van der Waals surface area contributed by atoms with Gasteiger partial charge in [-0.2, -0.15) is 13.2 Å². The van der Waals surface area contributed by atoms with Crippen LogP contribution in [0.1, 0.15) is 25.0 Å². The zero-order valence-corrected chi connectivity index (χ0v) is 12.7. The molecule has 1 heterocycles. The maximum atomic E-state index is 12.6. The minimum absolute atomic E-state index is 0.179. The number of halogens is 3. The molecule has 0 spiro atoms. The number of alkyl halides is 3. The minimum atomic E-state index is -4.39. The number of carbonyl (C=O) groups excluding carboxylic acids is 2. The van der Waals surface area contributed by atoms with Gasteiger partial charge in [-0.25, -0.2) is 0 Å². The Kier molecular flexibility index (Phi) is 4.91. The number of rotatable bonds is 4. The van der Waals surface area contributed by atoms with Gasteiger partial charge in [0.15, 0.2) is 12.1 Å². The monoisotopic (exact) mass is 330 g/mol. The van der Waals surface area contributed by atoms with Crippen molar-refractivity contribution in [1.29, 1.82) is 0 Å². The molecule has 1 fully saturated rings. The highest BCUT2D eigenvalue weighted by Crippen LogP contribution is 2.31. The van der Waals surface area contributed by atoms with Crippen LogP contribution in [-0.2, 0) is 31.7 Å². The Balaban J connectivity index is 2.14. The van der Waals surface area contributed by atoms with Gasteiger partial charge in [-0.3, -0.25) is 9.59 Å². The Morgan fingerprint density at radius 1 is 1.30 bits per heavy atom. The third-order valence-electron chi connectivity index (χ3n) is 3.66. The maximum absolute atomic E-state index is 12.6. The molecular weight excluding hydrogens is 313 g/mol. The smallest absolute Gasteiger partial charge is 0.350 e. The van der Waals surface area contributed by atoms with Crippen molar-refractivity contribution in [2.75, 3.05) is 6.61 Å². The number of hydrogen-bond donors (Lipinski definition) is 0. The van der Waals surface area contributed by atoms with Crippen LogP contribution in [0.4, 0.5) is 13.2 Å². The van der Waals surface area contributed by atoms with Crippen LogP contribution in [0, 0.1) is 5.92 Å². The van der Waals surface area contributed by atoms with Crippen LogP contribution in [0.3, 0.4) is 0 Å². The van der Waals surface area contributed by atoms with Gasteiger partial charge < -0.3 is 9.47 Å². The average Bonchev–Trinajstić information content (AvgIpc) is 2.47. The van der Waals surface area contributed by atoms with Crippen molar-refractivity contribution in [2.24, 2.45) is 5.92 Å². The summed E-state index contributed by atoms with van der Waals surface area (Å²) in [5.41, 5.74) is -0.127. The first kappa shape index (κ1) is 17.6. The summed E-state index contributed by atoms with van der Waals surface area (Å²) in [6.07, 6.45) is -4.88. The van der Waals surface area contributed by atoms with Gasteiger partial charge in [-0.05, 0) is 38.0 Å². The van der Waals surface area contributed by atoms with Crippen molar-refractivity contribution in [1.82, 2.24) is 0 Å². The SMILES string of the molecule is CC1(C)OCC(Cc2ccc(C(F)(F)F)cc2)C(C(=O)C=O)O1. The van der Waals surface area contributed by atoms with Gasteiger partial charge in [0.1, 0.15) is 6.10 Å². The molecule has 126 valence electrons. The molecule has 0 saturated carbocycles. The number of hydrogen-bond acceptors (Lipinski definition) is 4. The van der Waals surface area contributed by atoms with Crippen LogP contribution < -0.4 is 0 Å². The molecule has 1 aromatic carbocycles. The second-order valence-corrected chi connectivity index (χ2v) is 5.93. The topological polar surface area (TPSA) is 52.6 Å². The first-order valence-electron chi connectivity index (χ1n) is 7.09. The van der Waals surface area contributed by atoms with Crippen molar-refractivity contribution in [3.05, 3.63) is 35.4 Å². The fourth-order valence-corrected chi connectivity index (χ4v) is 2.49. The van der Waals surface area contributed by atoms with E-state index in [4.69, 9.17) is 9.47 Å². The molecule has 0 aromatic heterocycles. The molecule has 1 aliphatic heterocycles. The van der Waals surface area contributed by atoms with Gasteiger partial charge >= 0.3 is 6.18 Å². The summed E-state index contributed by atoms with van der Waals surface area (Å²) >= 11 is 0. The van der Waals surface area contributed by atoms with Crippen molar-refractivity contribution in [3.63, 3.8) is 0 Å².